The molecule has 1 fully saturated rings. The van der Waals surface area contributed by atoms with Gasteiger partial charge < -0.3 is 5.73 Å². The van der Waals surface area contributed by atoms with Crippen LogP contribution in [0.5, 0.6) is 0 Å². The number of hydrogen-bond acceptors (Lipinski definition) is 5. The highest BCUT2D eigenvalue weighted by atomic mass is 32.2. The van der Waals surface area contributed by atoms with Crippen LogP contribution in [0, 0.1) is 13.8 Å². The van der Waals surface area contributed by atoms with Crippen LogP contribution in [0.15, 0.2) is 22.4 Å². The van der Waals surface area contributed by atoms with Crippen LogP contribution in [-0.4, -0.2) is 13.4 Å². The van der Waals surface area contributed by atoms with Gasteiger partial charge in [0, 0.05) is 17.0 Å². The minimum atomic E-state index is -3.66. The monoisotopic (exact) mass is 323 g/mol. The zero-order chi connectivity index (χ0) is 15.2. The Balaban J connectivity index is 1.92. The minimum absolute atomic E-state index is 0.211. The Labute approximate surface area is 128 Å². The second-order valence-electron chi connectivity index (χ2n) is 5.42. The van der Waals surface area contributed by atoms with E-state index in [0.717, 1.165) is 24.1 Å². The van der Waals surface area contributed by atoms with Crippen LogP contribution in [0.3, 0.4) is 0 Å². The number of aromatic nitrogens is 1. The number of thiazole rings is 1. The first kappa shape index (κ1) is 14.3. The first-order valence-corrected chi connectivity index (χ1v) is 9.08. The van der Waals surface area contributed by atoms with Gasteiger partial charge in [0.15, 0.2) is 5.13 Å². The van der Waals surface area contributed by atoms with Gasteiger partial charge in [0.05, 0.1) is 10.6 Å². The van der Waals surface area contributed by atoms with E-state index in [0.29, 0.717) is 22.3 Å². The molecular formula is C14H17N3O2S2. The van der Waals surface area contributed by atoms with Gasteiger partial charge in [-0.1, -0.05) is 0 Å². The molecule has 3 N–H and O–H groups in total. The van der Waals surface area contributed by atoms with E-state index in [1.54, 1.807) is 13.0 Å². The van der Waals surface area contributed by atoms with Crippen LogP contribution in [-0.2, 0) is 10.0 Å². The summed E-state index contributed by atoms with van der Waals surface area (Å²) in [5, 5.41) is 2.34. The zero-order valence-electron chi connectivity index (χ0n) is 11.9. The summed E-state index contributed by atoms with van der Waals surface area (Å²) >= 11 is 1.32. The molecule has 5 nitrogen and oxygen atoms in total. The summed E-state index contributed by atoms with van der Waals surface area (Å²) < 4.78 is 27.6. The summed E-state index contributed by atoms with van der Waals surface area (Å²) in [7, 11) is -3.66. The fraction of sp³-hybridized carbons (Fsp3) is 0.357. The van der Waals surface area contributed by atoms with Gasteiger partial charge in [0.25, 0.3) is 10.0 Å². The maximum Gasteiger partial charge on any atom is 0.264 e. The Bertz CT molecular complexity index is 793. The number of hydrogen-bond donors (Lipinski definition) is 2. The van der Waals surface area contributed by atoms with Crippen molar-refractivity contribution in [1.29, 1.82) is 0 Å². The predicted molar refractivity (Wildman–Crippen MR) is 85.2 cm³/mol. The molecule has 1 aromatic carbocycles. The highest BCUT2D eigenvalue weighted by Gasteiger charge is 2.27. The number of rotatable bonds is 4. The molecule has 7 heteroatoms. The van der Waals surface area contributed by atoms with E-state index in [4.69, 9.17) is 5.73 Å². The van der Waals surface area contributed by atoms with Gasteiger partial charge in [0.1, 0.15) is 0 Å². The molecule has 112 valence electrons. The number of sulfonamides is 1. The van der Waals surface area contributed by atoms with Gasteiger partial charge in [0.2, 0.25) is 0 Å². The molecule has 0 spiro atoms. The normalized spacial score (nSPS) is 15.1. The summed E-state index contributed by atoms with van der Waals surface area (Å²) in [6.45, 7) is 3.63. The number of aryl methyl sites for hydroxylation is 1. The third-order valence-electron chi connectivity index (χ3n) is 3.67. The lowest BCUT2D eigenvalue weighted by molar-refractivity contribution is 0.600. The SMILES string of the molecule is Cc1cc(N)cc(S(=O)(=O)Nc2nc(C3CC3)cs2)c1C. The molecule has 1 saturated carbocycles. The summed E-state index contributed by atoms with van der Waals surface area (Å²) in [6.07, 6.45) is 2.28. The highest BCUT2D eigenvalue weighted by molar-refractivity contribution is 7.93. The lowest BCUT2D eigenvalue weighted by Crippen LogP contribution is -2.15. The predicted octanol–water partition coefficient (Wildman–Crippen LogP) is 3.02. The molecule has 0 atom stereocenters. The average molecular weight is 323 g/mol. The first-order chi connectivity index (χ1) is 9.87. The van der Waals surface area contributed by atoms with E-state index in [2.05, 4.69) is 9.71 Å². The van der Waals surface area contributed by atoms with Crippen molar-refractivity contribution in [3.63, 3.8) is 0 Å². The number of nitrogens with one attached hydrogen (secondary N) is 1. The van der Waals surface area contributed by atoms with E-state index in [-0.39, 0.29) is 4.90 Å². The quantitative estimate of drug-likeness (QED) is 0.847. The molecule has 1 aliphatic rings. The number of nitrogens with zero attached hydrogens (tertiary/aromatic N) is 1. The number of nitrogen functional groups attached to an aromatic ring is 1. The largest absolute Gasteiger partial charge is 0.399 e. The fourth-order valence-electron chi connectivity index (χ4n) is 2.20. The zero-order valence-corrected chi connectivity index (χ0v) is 13.5. The molecule has 0 saturated heterocycles. The molecule has 0 unspecified atom stereocenters. The van der Waals surface area contributed by atoms with Crippen molar-refractivity contribution in [3.05, 3.63) is 34.3 Å². The van der Waals surface area contributed by atoms with Crippen molar-refractivity contribution in [1.82, 2.24) is 4.98 Å². The summed E-state index contributed by atoms with van der Waals surface area (Å²) in [6, 6.07) is 3.25. The van der Waals surface area contributed by atoms with E-state index in [1.165, 1.54) is 17.4 Å². The average Bonchev–Trinajstić information content (AvgIpc) is 3.15. The Morgan fingerprint density at radius 1 is 1.33 bits per heavy atom. The molecule has 1 heterocycles. The Morgan fingerprint density at radius 3 is 2.71 bits per heavy atom. The van der Waals surface area contributed by atoms with Crippen molar-refractivity contribution >= 4 is 32.2 Å². The lowest BCUT2D eigenvalue weighted by Gasteiger charge is -2.11. The Morgan fingerprint density at radius 2 is 2.05 bits per heavy atom. The maximum atomic E-state index is 12.5. The van der Waals surface area contributed by atoms with Crippen molar-refractivity contribution in [2.75, 3.05) is 10.5 Å². The molecule has 0 amide bonds. The molecule has 2 aromatic rings. The second-order valence-corrected chi connectivity index (χ2v) is 7.93. The van der Waals surface area contributed by atoms with Crippen molar-refractivity contribution < 1.29 is 8.42 Å². The van der Waals surface area contributed by atoms with Crippen molar-refractivity contribution in [2.24, 2.45) is 0 Å². The summed E-state index contributed by atoms with van der Waals surface area (Å²) in [4.78, 5) is 4.57. The lowest BCUT2D eigenvalue weighted by atomic mass is 10.1. The molecule has 0 radical (unpaired) electrons. The van der Waals surface area contributed by atoms with Crippen LogP contribution in [0.1, 0.15) is 35.6 Å². The van der Waals surface area contributed by atoms with Gasteiger partial charge in [-0.15, -0.1) is 11.3 Å². The first-order valence-electron chi connectivity index (χ1n) is 6.72. The van der Waals surface area contributed by atoms with Gasteiger partial charge in [-0.05, 0) is 49.9 Å². The summed E-state index contributed by atoms with van der Waals surface area (Å²) in [5.41, 5.74) is 8.75. The van der Waals surface area contributed by atoms with E-state index >= 15 is 0 Å². The second kappa shape index (κ2) is 4.99. The van der Waals surface area contributed by atoms with E-state index in [1.807, 2.05) is 12.3 Å². The van der Waals surface area contributed by atoms with Gasteiger partial charge in [-0.25, -0.2) is 13.4 Å². The summed E-state index contributed by atoms with van der Waals surface area (Å²) in [5.74, 6) is 0.510. The van der Waals surface area contributed by atoms with E-state index < -0.39 is 10.0 Å². The van der Waals surface area contributed by atoms with Gasteiger partial charge in [-0.3, -0.25) is 4.72 Å². The fourth-order valence-corrected chi connectivity index (χ4v) is 4.60. The molecule has 1 aliphatic carbocycles. The number of nitrogens with two attached hydrogens (primary N) is 1. The minimum Gasteiger partial charge on any atom is -0.399 e. The van der Waals surface area contributed by atoms with Crippen LogP contribution in [0.2, 0.25) is 0 Å². The smallest absolute Gasteiger partial charge is 0.264 e. The standard InChI is InChI=1S/C14H17N3O2S2/c1-8-5-11(15)6-13(9(8)2)21(18,19)17-14-16-12(7-20-14)10-3-4-10/h5-7,10H,3-4,15H2,1-2H3,(H,16,17). The van der Waals surface area contributed by atoms with Crippen molar-refractivity contribution in [2.45, 2.75) is 37.5 Å². The van der Waals surface area contributed by atoms with Gasteiger partial charge in [-0.2, -0.15) is 0 Å². The molecular weight excluding hydrogens is 306 g/mol. The van der Waals surface area contributed by atoms with Crippen LogP contribution < -0.4 is 10.5 Å². The maximum absolute atomic E-state index is 12.5. The molecule has 1 aromatic heterocycles. The van der Waals surface area contributed by atoms with Crippen molar-refractivity contribution in [3.8, 4) is 0 Å². The number of anilines is 2. The third kappa shape index (κ3) is 2.89. The Kier molecular flexibility index (Phi) is 3.41. The third-order valence-corrected chi connectivity index (χ3v) is 6.04. The Hall–Kier alpha value is -1.60. The number of benzene rings is 1. The van der Waals surface area contributed by atoms with Gasteiger partial charge >= 0.3 is 0 Å². The highest BCUT2D eigenvalue weighted by Crippen LogP contribution is 2.41. The van der Waals surface area contributed by atoms with Crippen LogP contribution in [0.25, 0.3) is 0 Å². The molecule has 0 bridgehead atoms. The molecule has 0 aliphatic heterocycles. The van der Waals surface area contributed by atoms with Crippen LogP contribution >= 0.6 is 11.3 Å². The van der Waals surface area contributed by atoms with E-state index in [9.17, 15) is 8.42 Å². The topological polar surface area (TPSA) is 85.1 Å². The molecule has 21 heavy (non-hydrogen) atoms. The molecule has 3 rings (SSSR count). The van der Waals surface area contributed by atoms with Crippen LogP contribution in [0.4, 0.5) is 10.8 Å².